The number of aliphatic hydroxyl groups excluding tert-OH is 3. The van der Waals surface area contributed by atoms with Gasteiger partial charge in [-0.3, -0.25) is 0 Å². The predicted octanol–water partition coefficient (Wildman–Crippen LogP) is 2.22. The van der Waals surface area contributed by atoms with Crippen molar-refractivity contribution in [3.8, 4) is 0 Å². The van der Waals surface area contributed by atoms with Gasteiger partial charge in [-0.2, -0.15) is 0 Å². The Morgan fingerprint density at radius 3 is 1.89 bits per heavy atom. The molecule has 3 N–H and O–H groups in total. The van der Waals surface area contributed by atoms with E-state index < -0.39 is 0 Å². The van der Waals surface area contributed by atoms with Crippen molar-refractivity contribution in [1.29, 1.82) is 0 Å². The minimum atomic E-state index is 0. The molecule has 0 fully saturated rings. The third-order valence-electron chi connectivity index (χ3n) is 2.97. The molecule has 3 nitrogen and oxygen atoms in total. The van der Waals surface area contributed by atoms with Crippen LogP contribution >= 0.6 is 0 Å². The quantitative estimate of drug-likeness (QED) is 0.509. The van der Waals surface area contributed by atoms with Crippen molar-refractivity contribution in [3.05, 3.63) is 41.0 Å². The van der Waals surface area contributed by atoms with E-state index in [0.717, 1.165) is 21.3 Å². The average molecular weight is 301 g/mol. The van der Waals surface area contributed by atoms with Crippen LogP contribution in [-0.4, -0.2) is 36.6 Å². The predicted molar refractivity (Wildman–Crippen MR) is 76.4 cm³/mol. The van der Waals surface area contributed by atoms with Crippen molar-refractivity contribution >= 4 is 5.57 Å². The van der Waals surface area contributed by atoms with Gasteiger partial charge in [-0.25, -0.2) is 0 Å². The molecular weight excluding hydrogens is 276 g/mol. The summed E-state index contributed by atoms with van der Waals surface area (Å²) in [7, 11) is 3.00. The zero-order valence-electron chi connectivity index (χ0n) is 12.7. The SMILES string of the molecule is CC1=C(C)C(C)c2ccc[c-]c21.CO.CO.CO.[Ti]. The molecule has 0 saturated carbocycles. The summed E-state index contributed by atoms with van der Waals surface area (Å²) in [6, 6.07) is 9.57. The summed E-state index contributed by atoms with van der Waals surface area (Å²) < 4.78 is 0. The topological polar surface area (TPSA) is 60.7 Å². The van der Waals surface area contributed by atoms with Crippen LogP contribution in [0.15, 0.2) is 23.8 Å². The van der Waals surface area contributed by atoms with Crippen LogP contribution < -0.4 is 0 Å². The molecule has 1 aliphatic carbocycles. The summed E-state index contributed by atoms with van der Waals surface area (Å²) in [5.41, 5.74) is 5.67. The molecule has 0 spiro atoms. The Balaban J connectivity index is -0.000000325. The third-order valence-corrected chi connectivity index (χ3v) is 2.97. The van der Waals surface area contributed by atoms with Crippen LogP contribution in [0.4, 0.5) is 0 Å². The van der Waals surface area contributed by atoms with Crippen LogP contribution in [-0.2, 0) is 21.7 Å². The molecular formula is C15H25O3Ti-. The Hall–Kier alpha value is -0.446. The number of allylic oxidation sites excluding steroid dienone is 2. The van der Waals surface area contributed by atoms with Gasteiger partial charge in [0, 0.05) is 43.0 Å². The minimum absolute atomic E-state index is 0. The molecule has 1 atom stereocenters. The molecule has 19 heavy (non-hydrogen) atoms. The maximum Gasteiger partial charge on any atom is 0.0319 e. The van der Waals surface area contributed by atoms with E-state index in [2.05, 4.69) is 39.0 Å². The Labute approximate surface area is 131 Å². The van der Waals surface area contributed by atoms with Gasteiger partial charge in [0.2, 0.25) is 0 Å². The van der Waals surface area contributed by atoms with Crippen LogP contribution in [0, 0.1) is 6.07 Å². The van der Waals surface area contributed by atoms with Gasteiger partial charge in [-0.15, -0.1) is 46.5 Å². The summed E-state index contributed by atoms with van der Waals surface area (Å²) in [6.45, 7) is 6.67. The Morgan fingerprint density at radius 1 is 1.00 bits per heavy atom. The van der Waals surface area contributed by atoms with E-state index in [1.807, 2.05) is 6.07 Å². The normalized spacial score (nSPS) is 14.5. The van der Waals surface area contributed by atoms with Crippen molar-refractivity contribution in [1.82, 2.24) is 0 Å². The molecule has 4 heteroatoms. The van der Waals surface area contributed by atoms with E-state index in [4.69, 9.17) is 15.3 Å². The number of hydrogen-bond donors (Lipinski definition) is 3. The second-order valence-electron chi connectivity index (χ2n) is 3.53. The molecule has 0 amide bonds. The molecule has 1 unspecified atom stereocenters. The van der Waals surface area contributed by atoms with E-state index >= 15 is 0 Å². The average Bonchev–Trinajstić information content (AvgIpc) is 2.71. The third kappa shape index (κ3) is 6.02. The van der Waals surface area contributed by atoms with Crippen LogP contribution in [0.1, 0.15) is 37.8 Å². The van der Waals surface area contributed by atoms with Gasteiger partial charge in [0.15, 0.2) is 0 Å². The van der Waals surface area contributed by atoms with Gasteiger partial charge in [0.1, 0.15) is 0 Å². The second-order valence-corrected chi connectivity index (χ2v) is 3.53. The zero-order chi connectivity index (χ0) is 14.7. The van der Waals surface area contributed by atoms with Crippen LogP contribution in [0.2, 0.25) is 0 Å². The Kier molecular flexibility index (Phi) is 17.4. The fraction of sp³-hybridized carbons (Fsp3) is 0.467. The molecule has 1 aliphatic rings. The molecule has 108 valence electrons. The van der Waals surface area contributed by atoms with E-state index in [9.17, 15) is 0 Å². The minimum Gasteiger partial charge on any atom is -0.400 e. The molecule has 0 radical (unpaired) electrons. The summed E-state index contributed by atoms with van der Waals surface area (Å²) in [5.74, 6) is 0.595. The fourth-order valence-corrected chi connectivity index (χ4v) is 1.89. The van der Waals surface area contributed by atoms with Crippen LogP contribution in [0.5, 0.6) is 0 Å². The van der Waals surface area contributed by atoms with Gasteiger partial charge in [0.25, 0.3) is 0 Å². The van der Waals surface area contributed by atoms with Crippen LogP contribution in [0.25, 0.3) is 5.57 Å². The monoisotopic (exact) mass is 301 g/mol. The maximum absolute atomic E-state index is 7.00. The Bertz CT molecular complexity index is 362. The van der Waals surface area contributed by atoms with Gasteiger partial charge in [-0.1, -0.05) is 20.8 Å². The molecule has 0 bridgehead atoms. The van der Waals surface area contributed by atoms with Gasteiger partial charge >= 0.3 is 0 Å². The van der Waals surface area contributed by atoms with Crippen molar-refractivity contribution in [3.63, 3.8) is 0 Å². The zero-order valence-corrected chi connectivity index (χ0v) is 14.2. The van der Waals surface area contributed by atoms with Crippen molar-refractivity contribution < 1.29 is 37.0 Å². The Morgan fingerprint density at radius 2 is 1.47 bits per heavy atom. The number of benzene rings is 1. The number of rotatable bonds is 0. The number of aliphatic hydroxyl groups is 3. The van der Waals surface area contributed by atoms with Gasteiger partial charge < -0.3 is 15.3 Å². The molecule has 0 heterocycles. The fourth-order valence-electron chi connectivity index (χ4n) is 1.89. The largest absolute Gasteiger partial charge is 0.400 e. The van der Waals surface area contributed by atoms with Gasteiger partial charge in [0.05, 0.1) is 0 Å². The summed E-state index contributed by atoms with van der Waals surface area (Å²) >= 11 is 0. The van der Waals surface area contributed by atoms with Crippen LogP contribution in [0.3, 0.4) is 0 Å². The first-order chi connectivity index (χ1) is 8.72. The molecule has 2 rings (SSSR count). The van der Waals surface area contributed by atoms with E-state index in [0.29, 0.717) is 5.92 Å². The maximum atomic E-state index is 7.00. The summed E-state index contributed by atoms with van der Waals surface area (Å²) in [5, 5.41) is 21.0. The first-order valence-electron chi connectivity index (χ1n) is 5.74. The summed E-state index contributed by atoms with van der Waals surface area (Å²) in [6.07, 6.45) is 0. The molecule has 0 saturated heterocycles. The van der Waals surface area contributed by atoms with Gasteiger partial charge in [-0.05, 0) is 5.92 Å². The standard InChI is InChI=1S/C12H13.3CH4O.Ti/c1-8-9(2)11-6-4-5-7-12(11)10(8)3;3*1-2;/h4-6,9H,1-3H3;3*2H,1H3;/q-1;;;;. The van der Waals surface area contributed by atoms with Crippen molar-refractivity contribution in [2.24, 2.45) is 0 Å². The first kappa shape index (κ1) is 23.6. The molecule has 1 aromatic rings. The summed E-state index contributed by atoms with van der Waals surface area (Å²) in [4.78, 5) is 0. The molecule has 0 aromatic heterocycles. The number of fused-ring (bicyclic) bond motifs is 1. The molecule has 0 aliphatic heterocycles. The van der Waals surface area contributed by atoms with E-state index in [1.165, 1.54) is 22.3 Å². The van der Waals surface area contributed by atoms with Crippen molar-refractivity contribution in [2.45, 2.75) is 26.7 Å². The second kappa shape index (κ2) is 14.0. The van der Waals surface area contributed by atoms with E-state index in [1.54, 1.807) is 0 Å². The van der Waals surface area contributed by atoms with Crippen molar-refractivity contribution in [2.75, 3.05) is 21.3 Å². The molecule has 1 aromatic carbocycles. The van der Waals surface area contributed by atoms with E-state index in [-0.39, 0.29) is 21.7 Å². The smallest absolute Gasteiger partial charge is 0.0319 e. The first-order valence-corrected chi connectivity index (χ1v) is 5.74. The number of hydrogen-bond acceptors (Lipinski definition) is 3.